The zero-order valence-corrected chi connectivity index (χ0v) is 21.9. The number of rotatable bonds is 3. The first-order valence-corrected chi connectivity index (χ1v) is 12.5. The summed E-state index contributed by atoms with van der Waals surface area (Å²) >= 11 is 12.2. The van der Waals surface area contributed by atoms with Gasteiger partial charge < -0.3 is 9.80 Å². The van der Waals surface area contributed by atoms with Crippen molar-refractivity contribution in [2.45, 2.75) is 51.9 Å². The van der Waals surface area contributed by atoms with E-state index in [1.54, 1.807) is 45.8 Å². The van der Waals surface area contributed by atoms with Crippen LogP contribution >= 0.6 is 23.2 Å². The highest BCUT2D eigenvalue weighted by atomic mass is 35.5. The predicted octanol–water partition coefficient (Wildman–Crippen LogP) is 3.65. The van der Waals surface area contributed by atoms with Crippen LogP contribution in [0.4, 0.5) is 0 Å². The van der Waals surface area contributed by atoms with Crippen LogP contribution in [-0.2, 0) is 20.0 Å². The third kappa shape index (κ3) is 4.00. The molecule has 0 bridgehead atoms. The van der Waals surface area contributed by atoms with E-state index in [-0.39, 0.29) is 42.0 Å². The Bertz CT molecular complexity index is 1450. The van der Waals surface area contributed by atoms with E-state index in [1.165, 1.54) is 10.7 Å². The second-order valence-corrected chi connectivity index (χ2v) is 10.4. The number of aromatic nitrogens is 4. The van der Waals surface area contributed by atoms with E-state index >= 15 is 0 Å². The van der Waals surface area contributed by atoms with Crippen LogP contribution in [0.3, 0.4) is 0 Å². The lowest BCUT2D eigenvalue weighted by Gasteiger charge is -2.37. The predicted molar refractivity (Wildman–Crippen MR) is 135 cm³/mol. The van der Waals surface area contributed by atoms with Crippen molar-refractivity contribution >= 4 is 35.0 Å². The Morgan fingerprint density at radius 2 is 1.81 bits per heavy atom. The lowest BCUT2D eigenvalue weighted by atomic mass is 9.97. The fourth-order valence-corrected chi connectivity index (χ4v) is 5.29. The van der Waals surface area contributed by atoms with Crippen molar-refractivity contribution in [2.24, 2.45) is 7.05 Å². The Balaban J connectivity index is 1.49. The molecule has 0 fully saturated rings. The van der Waals surface area contributed by atoms with Gasteiger partial charge in [-0.2, -0.15) is 10.2 Å². The standard InChI is InChI=1S/C25H26Cl2N6O3/c1-13-9-21-17(12-31(13)24(35)16-5-6-18(26)19(27)10-16)23-25(36)32(11-14(2)33(23)29-21)15(3)20-7-8-22(34)30(4)28-20/h5-8,10,13-15H,9,11-12H2,1-4H3/t13-,14-,15?/m1/s1. The van der Waals surface area contributed by atoms with E-state index < -0.39 is 0 Å². The quantitative estimate of drug-likeness (QED) is 0.517. The van der Waals surface area contributed by atoms with Crippen LogP contribution in [-0.4, -0.2) is 53.8 Å². The number of benzene rings is 1. The molecule has 0 saturated heterocycles. The Morgan fingerprint density at radius 3 is 2.50 bits per heavy atom. The SMILES string of the molecule is CC(c1ccc(=O)n(C)n1)N1C[C@@H](C)n2nc3c(c2C1=O)CN(C(=O)c1ccc(Cl)c(Cl)c1)[C@H](C)C3. The third-order valence-corrected chi connectivity index (χ3v) is 7.83. The minimum atomic E-state index is -0.345. The summed E-state index contributed by atoms with van der Waals surface area (Å²) in [5.41, 5.74) is 2.96. The van der Waals surface area contributed by atoms with E-state index in [0.717, 1.165) is 11.3 Å². The number of carbonyl (C=O) groups is 2. The molecule has 9 nitrogen and oxygen atoms in total. The van der Waals surface area contributed by atoms with E-state index in [4.69, 9.17) is 28.3 Å². The zero-order chi connectivity index (χ0) is 25.9. The minimum absolute atomic E-state index is 0.0622. The smallest absolute Gasteiger partial charge is 0.273 e. The summed E-state index contributed by atoms with van der Waals surface area (Å²) in [4.78, 5) is 42.5. The second kappa shape index (κ2) is 9.05. The highest BCUT2D eigenvalue weighted by molar-refractivity contribution is 6.42. The molecule has 2 amide bonds. The number of hydrogen-bond acceptors (Lipinski definition) is 5. The summed E-state index contributed by atoms with van der Waals surface area (Å²) in [5, 5.41) is 9.83. The first kappa shape index (κ1) is 24.5. The van der Waals surface area contributed by atoms with Gasteiger partial charge >= 0.3 is 0 Å². The summed E-state index contributed by atoms with van der Waals surface area (Å²) in [6.45, 7) is 6.62. The highest BCUT2D eigenvalue weighted by Gasteiger charge is 2.40. The van der Waals surface area contributed by atoms with Gasteiger partial charge in [0.1, 0.15) is 5.69 Å². The van der Waals surface area contributed by atoms with E-state index in [2.05, 4.69) is 5.10 Å². The Labute approximate surface area is 218 Å². The maximum Gasteiger partial charge on any atom is 0.273 e. The van der Waals surface area contributed by atoms with Gasteiger partial charge in [-0.3, -0.25) is 19.1 Å². The molecule has 188 valence electrons. The van der Waals surface area contributed by atoms with Crippen LogP contribution in [0, 0.1) is 0 Å². The minimum Gasteiger partial charge on any atom is -0.331 e. The normalized spacial score (nSPS) is 20.2. The molecule has 0 N–H and O–H groups in total. The number of aryl methyl sites for hydroxylation is 1. The van der Waals surface area contributed by atoms with Gasteiger partial charge in [-0.1, -0.05) is 23.2 Å². The van der Waals surface area contributed by atoms with Gasteiger partial charge in [0.25, 0.3) is 17.4 Å². The number of carbonyl (C=O) groups excluding carboxylic acids is 2. The van der Waals surface area contributed by atoms with E-state index in [9.17, 15) is 14.4 Å². The monoisotopic (exact) mass is 528 g/mol. The van der Waals surface area contributed by atoms with Crippen LogP contribution in [0.15, 0.2) is 35.1 Å². The Kier molecular flexibility index (Phi) is 6.16. The molecule has 5 rings (SSSR count). The summed E-state index contributed by atoms with van der Waals surface area (Å²) in [6, 6.07) is 7.43. The van der Waals surface area contributed by atoms with Crippen molar-refractivity contribution in [2.75, 3.05) is 6.54 Å². The van der Waals surface area contributed by atoms with Gasteiger partial charge in [-0.25, -0.2) is 4.68 Å². The van der Waals surface area contributed by atoms with Crippen molar-refractivity contribution in [3.05, 3.63) is 78.9 Å². The molecule has 0 saturated carbocycles. The van der Waals surface area contributed by atoms with Crippen molar-refractivity contribution in [3.8, 4) is 0 Å². The molecule has 1 aromatic carbocycles. The van der Waals surface area contributed by atoms with Gasteiger partial charge in [0.2, 0.25) is 0 Å². The summed E-state index contributed by atoms with van der Waals surface area (Å²) in [6.07, 6.45) is 0.542. The average Bonchev–Trinajstić information content (AvgIpc) is 3.22. The first-order valence-electron chi connectivity index (χ1n) is 11.8. The van der Waals surface area contributed by atoms with Crippen molar-refractivity contribution in [1.29, 1.82) is 0 Å². The lowest BCUT2D eigenvalue weighted by Crippen LogP contribution is -2.46. The maximum absolute atomic E-state index is 13.8. The number of halogens is 2. The topological polar surface area (TPSA) is 93.3 Å². The van der Waals surface area contributed by atoms with E-state index in [0.29, 0.717) is 40.0 Å². The lowest BCUT2D eigenvalue weighted by molar-refractivity contribution is 0.0569. The maximum atomic E-state index is 13.8. The average molecular weight is 529 g/mol. The van der Waals surface area contributed by atoms with Gasteiger partial charge in [-0.05, 0) is 45.0 Å². The molecule has 2 aliphatic heterocycles. The van der Waals surface area contributed by atoms with Crippen molar-refractivity contribution < 1.29 is 9.59 Å². The second-order valence-electron chi connectivity index (χ2n) is 9.54. The molecule has 2 aliphatic rings. The fraction of sp³-hybridized carbons (Fsp3) is 0.400. The molecule has 0 aliphatic carbocycles. The molecule has 0 spiro atoms. The van der Waals surface area contributed by atoms with Crippen molar-refractivity contribution in [3.63, 3.8) is 0 Å². The summed E-state index contributed by atoms with van der Waals surface area (Å²) in [7, 11) is 1.59. The zero-order valence-electron chi connectivity index (χ0n) is 20.4. The molecule has 3 aromatic rings. The Morgan fingerprint density at radius 1 is 1.06 bits per heavy atom. The van der Waals surface area contributed by atoms with Crippen LogP contribution in [0.2, 0.25) is 10.0 Å². The van der Waals surface area contributed by atoms with Crippen LogP contribution < -0.4 is 5.56 Å². The van der Waals surface area contributed by atoms with Gasteiger partial charge in [0.15, 0.2) is 0 Å². The molecule has 1 unspecified atom stereocenters. The molecule has 36 heavy (non-hydrogen) atoms. The first-order chi connectivity index (χ1) is 17.1. The van der Waals surface area contributed by atoms with E-state index in [1.807, 2.05) is 20.8 Å². The van der Waals surface area contributed by atoms with Crippen LogP contribution in [0.25, 0.3) is 0 Å². The molecule has 0 radical (unpaired) electrons. The number of nitrogens with zero attached hydrogens (tertiary/aromatic N) is 6. The largest absolute Gasteiger partial charge is 0.331 e. The van der Waals surface area contributed by atoms with Crippen LogP contribution in [0.1, 0.15) is 70.7 Å². The van der Waals surface area contributed by atoms with Gasteiger partial charge in [0.05, 0.1) is 40.1 Å². The van der Waals surface area contributed by atoms with Gasteiger partial charge in [0, 0.05) is 43.2 Å². The molecule has 11 heteroatoms. The molecular formula is C25H26Cl2N6O3. The highest BCUT2D eigenvalue weighted by Crippen LogP contribution is 2.35. The molecule has 4 heterocycles. The Hall–Kier alpha value is -3.17. The third-order valence-electron chi connectivity index (χ3n) is 7.09. The molecular weight excluding hydrogens is 503 g/mol. The number of amides is 2. The van der Waals surface area contributed by atoms with Gasteiger partial charge in [-0.15, -0.1) is 0 Å². The van der Waals surface area contributed by atoms with Crippen molar-refractivity contribution in [1.82, 2.24) is 29.4 Å². The molecule has 2 aromatic heterocycles. The summed E-state index contributed by atoms with van der Waals surface area (Å²) < 4.78 is 3.06. The number of hydrogen-bond donors (Lipinski definition) is 0. The molecule has 3 atom stereocenters. The summed E-state index contributed by atoms with van der Waals surface area (Å²) in [5.74, 6) is -0.343. The fourth-order valence-electron chi connectivity index (χ4n) is 4.99. The number of fused-ring (bicyclic) bond motifs is 3. The van der Waals surface area contributed by atoms with Crippen LogP contribution in [0.5, 0.6) is 0 Å².